The summed E-state index contributed by atoms with van der Waals surface area (Å²) < 4.78 is 83.3. The number of sulfonamides is 1. The lowest BCUT2D eigenvalue weighted by molar-refractivity contribution is -0.275. The lowest BCUT2D eigenvalue weighted by atomic mass is 9.89. The summed E-state index contributed by atoms with van der Waals surface area (Å²) in [5, 5.41) is 5.97. The minimum atomic E-state index is -5.05. The number of hydrogen-bond acceptors (Lipinski definition) is 7. The van der Waals surface area contributed by atoms with Crippen molar-refractivity contribution in [2.45, 2.75) is 64.4 Å². The predicted molar refractivity (Wildman–Crippen MR) is 154 cm³/mol. The van der Waals surface area contributed by atoms with Gasteiger partial charge in [0.1, 0.15) is 11.4 Å². The molecule has 2 aromatic carbocycles. The third-order valence-electron chi connectivity index (χ3n) is 8.52. The van der Waals surface area contributed by atoms with Crippen LogP contribution in [0.3, 0.4) is 0 Å². The number of aryl methyl sites for hydroxylation is 2. The molecule has 3 aliphatic heterocycles. The number of aliphatic imine (C=N–C) groups is 1. The Kier molecular flexibility index (Phi) is 8.01. The molecule has 43 heavy (non-hydrogen) atoms. The third kappa shape index (κ3) is 6.36. The first-order valence-corrected chi connectivity index (χ1v) is 15.6. The van der Waals surface area contributed by atoms with Gasteiger partial charge < -0.3 is 15.0 Å². The highest BCUT2D eigenvalue weighted by molar-refractivity contribution is 7.89. The first kappa shape index (κ1) is 31.2. The summed E-state index contributed by atoms with van der Waals surface area (Å²) in [6, 6.07) is 6.99. The number of halogens is 4. The molecule has 2 saturated heterocycles. The van der Waals surface area contributed by atoms with Crippen LogP contribution in [0, 0.1) is 19.7 Å². The Morgan fingerprint density at radius 2 is 1.72 bits per heavy atom. The van der Waals surface area contributed by atoms with Gasteiger partial charge in [0.15, 0.2) is 11.6 Å². The van der Waals surface area contributed by atoms with Crippen molar-refractivity contribution in [3.63, 3.8) is 0 Å². The minimum Gasteiger partial charge on any atom is -0.403 e. The zero-order valence-electron chi connectivity index (χ0n) is 24.4. The number of amidine groups is 1. The van der Waals surface area contributed by atoms with Crippen molar-refractivity contribution in [3.8, 4) is 5.75 Å². The molecule has 0 radical (unpaired) electrons. The average Bonchev–Trinajstić information content (AvgIpc) is 3.42. The average molecular weight is 626 g/mol. The second-order valence-corrected chi connectivity index (χ2v) is 14.1. The smallest absolute Gasteiger partial charge is 0.403 e. The second kappa shape index (κ2) is 11.0. The van der Waals surface area contributed by atoms with Gasteiger partial charge in [0.2, 0.25) is 10.0 Å². The van der Waals surface area contributed by atoms with E-state index in [-0.39, 0.29) is 48.6 Å². The monoisotopic (exact) mass is 625 g/mol. The molecule has 1 amide bonds. The fourth-order valence-electron chi connectivity index (χ4n) is 6.09. The number of nitrogens with zero attached hydrogens (tertiary/aromatic N) is 3. The number of benzene rings is 2. The number of amides is 1. The maximum Gasteiger partial charge on any atom is 0.573 e. The van der Waals surface area contributed by atoms with Crippen LogP contribution in [0.15, 0.2) is 35.3 Å². The zero-order chi connectivity index (χ0) is 31.4. The highest BCUT2D eigenvalue weighted by Gasteiger charge is 2.47. The normalized spacial score (nSPS) is 20.4. The van der Waals surface area contributed by atoms with Gasteiger partial charge in [-0.05, 0) is 94.0 Å². The summed E-state index contributed by atoms with van der Waals surface area (Å²) in [6.45, 7) is 10.1. The van der Waals surface area contributed by atoms with Crippen LogP contribution in [-0.4, -0.2) is 74.0 Å². The first-order chi connectivity index (χ1) is 20.0. The third-order valence-corrected chi connectivity index (χ3v) is 10.4. The van der Waals surface area contributed by atoms with E-state index in [1.807, 2.05) is 13.8 Å². The molecule has 0 aliphatic carbocycles. The van der Waals surface area contributed by atoms with Gasteiger partial charge in [0.25, 0.3) is 5.91 Å². The van der Waals surface area contributed by atoms with Crippen LogP contribution in [0.1, 0.15) is 48.9 Å². The SMILES string of the molecule is Cc1cc(N2CNCC2(C)C)cc(C)c1CCS(=O)(=O)N1CCC2(CC1)N=C(c1ccc(OC(F)(F)F)c(F)c1)NC2=O. The quantitative estimate of drug-likeness (QED) is 0.455. The highest BCUT2D eigenvalue weighted by atomic mass is 32.2. The summed E-state index contributed by atoms with van der Waals surface area (Å²) in [6.07, 6.45) is -4.46. The summed E-state index contributed by atoms with van der Waals surface area (Å²) in [7, 11) is -3.64. The largest absolute Gasteiger partial charge is 0.573 e. The Balaban J connectivity index is 1.23. The van der Waals surface area contributed by atoms with Crippen molar-refractivity contribution in [1.29, 1.82) is 0 Å². The van der Waals surface area contributed by atoms with Crippen LogP contribution < -0.4 is 20.3 Å². The van der Waals surface area contributed by atoms with Crippen molar-refractivity contribution >= 4 is 27.5 Å². The van der Waals surface area contributed by atoms with Crippen molar-refractivity contribution in [2.75, 3.05) is 37.0 Å². The molecule has 2 fully saturated rings. The molecule has 0 atom stereocenters. The Hall–Kier alpha value is -3.23. The van der Waals surface area contributed by atoms with E-state index in [1.165, 1.54) is 10.4 Å². The Labute approximate surface area is 248 Å². The van der Waals surface area contributed by atoms with Crippen LogP contribution in [0.4, 0.5) is 23.2 Å². The number of carbonyl (C=O) groups is 1. The Morgan fingerprint density at radius 3 is 2.28 bits per heavy atom. The second-order valence-electron chi connectivity index (χ2n) is 12.0. The number of anilines is 1. The van der Waals surface area contributed by atoms with Crippen LogP contribution in [0.5, 0.6) is 5.75 Å². The van der Waals surface area contributed by atoms with Gasteiger partial charge in [-0.3, -0.25) is 15.1 Å². The number of alkyl halides is 3. The van der Waals surface area contributed by atoms with Crippen molar-refractivity contribution in [3.05, 3.63) is 58.4 Å². The van der Waals surface area contributed by atoms with Crippen LogP contribution in [0.25, 0.3) is 0 Å². The van der Waals surface area contributed by atoms with Crippen molar-refractivity contribution < 1.29 is 35.5 Å². The molecule has 0 bridgehead atoms. The van der Waals surface area contributed by atoms with Crippen LogP contribution >= 0.6 is 0 Å². The summed E-state index contributed by atoms with van der Waals surface area (Å²) >= 11 is 0. The van der Waals surface area contributed by atoms with Gasteiger partial charge in [0.05, 0.1) is 12.4 Å². The van der Waals surface area contributed by atoms with Gasteiger partial charge in [-0.15, -0.1) is 13.2 Å². The van der Waals surface area contributed by atoms with E-state index in [4.69, 9.17) is 0 Å². The molecule has 2 aromatic rings. The van der Waals surface area contributed by atoms with Gasteiger partial charge in [-0.1, -0.05) is 0 Å². The Morgan fingerprint density at radius 1 is 1.07 bits per heavy atom. The molecule has 0 unspecified atom stereocenters. The van der Waals surface area contributed by atoms with E-state index >= 15 is 0 Å². The van der Waals surface area contributed by atoms with Crippen molar-refractivity contribution in [1.82, 2.24) is 14.9 Å². The molecule has 3 aliphatic rings. The van der Waals surface area contributed by atoms with Gasteiger partial charge in [0, 0.05) is 36.4 Å². The molecule has 14 heteroatoms. The number of carbonyl (C=O) groups excluding carboxylic acids is 1. The Bertz CT molecular complexity index is 1540. The molecule has 234 valence electrons. The van der Waals surface area contributed by atoms with Gasteiger partial charge in [-0.25, -0.2) is 17.1 Å². The standard InChI is InChI=1S/C29H35F4N5O4S/c1-18-13-21(38-17-34-16-27(38,3)4)14-19(2)22(18)7-12-43(40,41)37-10-8-28(9-11-37)26(39)35-25(36-28)20-5-6-24(23(30)15-20)42-29(31,32)33/h5-6,13-15,34H,7-12,16-17H2,1-4H3,(H,35,36,39). The van der Waals surface area contributed by atoms with E-state index < -0.39 is 39.4 Å². The summed E-state index contributed by atoms with van der Waals surface area (Å²) in [5.41, 5.74) is 2.97. The molecule has 5 rings (SSSR count). The van der Waals surface area contributed by atoms with E-state index in [0.29, 0.717) is 6.42 Å². The summed E-state index contributed by atoms with van der Waals surface area (Å²) in [5.74, 6) is -2.78. The van der Waals surface area contributed by atoms with E-state index in [0.717, 1.165) is 47.7 Å². The number of rotatable bonds is 7. The molecular weight excluding hydrogens is 590 g/mol. The summed E-state index contributed by atoms with van der Waals surface area (Å²) in [4.78, 5) is 19.7. The van der Waals surface area contributed by atoms with Gasteiger partial charge in [-0.2, -0.15) is 0 Å². The van der Waals surface area contributed by atoms with Crippen molar-refractivity contribution in [2.24, 2.45) is 4.99 Å². The topological polar surface area (TPSA) is 103 Å². The molecule has 3 heterocycles. The molecular formula is C29H35F4N5O4S. The molecule has 9 nitrogen and oxygen atoms in total. The fraction of sp³-hybridized carbons (Fsp3) is 0.517. The lowest BCUT2D eigenvalue weighted by Crippen LogP contribution is -2.50. The molecule has 0 aromatic heterocycles. The predicted octanol–water partition coefficient (Wildman–Crippen LogP) is 3.77. The van der Waals surface area contributed by atoms with Crippen LogP contribution in [-0.2, 0) is 21.2 Å². The van der Waals surface area contributed by atoms with E-state index in [2.05, 4.69) is 51.2 Å². The highest BCUT2D eigenvalue weighted by Crippen LogP contribution is 2.34. The maximum atomic E-state index is 14.2. The maximum absolute atomic E-state index is 14.2. The zero-order valence-corrected chi connectivity index (χ0v) is 25.3. The number of nitrogens with one attached hydrogen (secondary N) is 2. The fourth-order valence-corrected chi connectivity index (χ4v) is 7.55. The number of ether oxygens (including phenoxy) is 1. The van der Waals surface area contributed by atoms with E-state index in [1.54, 1.807) is 0 Å². The number of piperidine rings is 1. The lowest BCUT2D eigenvalue weighted by Gasteiger charge is -2.35. The van der Waals surface area contributed by atoms with Crippen LogP contribution in [0.2, 0.25) is 0 Å². The molecule has 1 spiro atoms. The molecule has 2 N–H and O–H groups in total. The number of hydrogen-bond donors (Lipinski definition) is 2. The van der Waals surface area contributed by atoms with Gasteiger partial charge >= 0.3 is 6.36 Å². The molecule has 0 saturated carbocycles. The first-order valence-electron chi connectivity index (χ1n) is 14.0. The van der Waals surface area contributed by atoms with E-state index in [9.17, 15) is 30.8 Å². The minimum absolute atomic E-state index is 0.0151.